The normalized spacial score (nSPS) is 12.6. The van der Waals surface area contributed by atoms with Crippen molar-refractivity contribution in [1.82, 2.24) is 5.32 Å². The van der Waals surface area contributed by atoms with Crippen molar-refractivity contribution in [2.24, 2.45) is 0 Å². The van der Waals surface area contributed by atoms with Crippen LogP contribution < -0.4 is 5.32 Å². The van der Waals surface area contributed by atoms with Gasteiger partial charge >= 0.3 is 5.97 Å². The summed E-state index contributed by atoms with van der Waals surface area (Å²) in [4.78, 5) is 24.7. The maximum atomic E-state index is 12.6. The summed E-state index contributed by atoms with van der Waals surface area (Å²) in [7, 11) is 0. The van der Waals surface area contributed by atoms with E-state index in [9.17, 15) is 19.8 Å². The second-order valence-electron chi connectivity index (χ2n) is 32.0. The van der Waals surface area contributed by atoms with Crippen LogP contribution in [0.4, 0.5) is 0 Å². The first-order valence-corrected chi connectivity index (χ1v) is 46.3. The molecule has 0 aliphatic rings. The number of unbranched alkanes of at least 4 members (excludes halogenated alkanes) is 73. The highest BCUT2D eigenvalue weighted by molar-refractivity contribution is 5.76. The average Bonchev–Trinajstić information content (AvgIpc) is 1.25. The monoisotopic (exact) mass is 1400 g/mol. The molecule has 6 heteroatoms. The second-order valence-corrected chi connectivity index (χ2v) is 32.0. The molecule has 3 N–H and O–H groups in total. The van der Waals surface area contributed by atoms with Crippen molar-refractivity contribution in [1.29, 1.82) is 0 Å². The number of aliphatic hydroxyl groups excluding tert-OH is 2. The summed E-state index contributed by atoms with van der Waals surface area (Å²) in [6, 6.07) is -0.628. The fourth-order valence-corrected chi connectivity index (χ4v) is 14.9. The third-order valence-corrected chi connectivity index (χ3v) is 21.9. The summed E-state index contributed by atoms with van der Waals surface area (Å²) in [6.07, 6.45) is 119. The van der Waals surface area contributed by atoms with Crippen molar-refractivity contribution >= 4 is 11.9 Å². The zero-order chi connectivity index (χ0) is 71.9. The van der Waals surface area contributed by atoms with Gasteiger partial charge in [0.1, 0.15) is 0 Å². The predicted molar refractivity (Wildman–Crippen MR) is 444 cm³/mol. The van der Waals surface area contributed by atoms with Gasteiger partial charge in [-0.1, -0.05) is 487 Å². The van der Waals surface area contributed by atoms with Gasteiger partial charge in [0.25, 0.3) is 0 Å². The molecule has 0 spiro atoms. The van der Waals surface area contributed by atoms with Crippen LogP contribution in [0.15, 0.2) is 36.5 Å². The molecule has 0 heterocycles. The van der Waals surface area contributed by atoms with E-state index in [1.54, 1.807) is 6.08 Å². The Bertz CT molecular complexity index is 1620. The third kappa shape index (κ3) is 85.0. The van der Waals surface area contributed by atoms with Gasteiger partial charge in [0.05, 0.1) is 25.4 Å². The van der Waals surface area contributed by atoms with E-state index in [1.165, 1.54) is 456 Å². The molecule has 2 unspecified atom stereocenters. The first-order chi connectivity index (χ1) is 49.5. The summed E-state index contributed by atoms with van der Waals surface area (Å²) in [5.41, 5.74) is 0. The molecule has 0 radical (unpaired) electrons. The van der Waals surface area contributed by atoms with Crippen LogP contribution in [0.3, 0.4) is 0 Å². The first kappa shape index (κ1) is 98.1. The maximum Gasteiger partial charge on any atom is 0.305 e. The van der Waals surface area contributed by atoms with Crippen molar-refractivity contribution in [3.05, 3.63) is 36.5 Å². The van der Waals surface area contributed by atoms with Crippen LogP contribution in [0.25, 0.3) is 0 Å². The van der Waals surface area contributed by atoms with E-state index in [0.29, 0.717) is 19.4 Å². The average molecular weight is 1410 g/mol. The minimum atomic E-state index is -0.845. The quantitative estimate of drug-likeness (QED) is 0.0320. The molecule has 0 aliphatic heterocycles. The Kier molecular flexibility index (Phi) is 87.8. The van der Waals surface area contributed by atoms with Crippen molar-refractivity contribution in [3.8, 4) is 0 Å². The molecule has 2 atom stereocenters. The van der Waals surface area contributed by atoms with Gasteiger partial charge < -0.3 is 20.3 Å². The highest BCUT2D eigenvalue weighted by Gasteiger charge is 2.18. The fraction of sp³-hybridized carbons (Fsp3) is 0.915. The highest BCUT2D eigenvalue weighted by atomic mass is 16.5. The Morgan fingerprint density at radius 2 is 0.500 bits per heavy atom. The smallest absolute Gasteiger partial charge is 0.305 e. The van der Waals surface area contributed by atoms with Crippen LogP contribution in [-0.2, 0) is 14.3 Å². The summed E-state index contributed by atoms with van der Waals surface area (Å²) < 4.78 is 5.53. The van der Waals surface area contributed by atoms with Gasteiger partial charge in [-0.25, -0.2) is 0 Å². The van der Waals surface area contributed by atoms with Crippen molar-refractivity contribution in [2.75, 3.05) is 13.2 Å². The van der Waals surface area contributed by atoms with E-state index in [1.807, 2.05) is 6.08 Å². The zero-order valence-corrected chi connectivity index (χ0v) is 68.2. The number of carbonyl (C=O) groups excluding carboxylic acids is 2. The molecule has 0 saturated carbocycles. The molecule has 0 aromatic rings. The molecule has 1 amide bonds. The Labute approximate surface area is 627 Å². The van der Waals surface area contributed by atoms with Crippen molar-refractivity contribution in [2.45, 2.75) is 540 Å². The number of amides is 1. The van der Waals surface area contributed by atoms with Gasteiger partial charge in [-0.2, -0.15) is 0 Å². The van der Waals surface area contributed by atoms with E-state index in [0.717, 1.165) is 44.9 Å². The largest absolute Gasteiger partial charge is 0.466 e. The minimum absolute atomic E-state index is 0.0262. The molecule has 0 fully saturated rings. The summed E-state index contributed by atoms with van der Waals surface area (Å²) in [5.74, 6) is -0.0328. The SMILES string of the molecule is CCCCCCCCCCCCCCCCCCCCCCCCC/C=C/C(O)C(CO)NC(=O)CCCCCCCCCCCCCCCCCCC/C=C\C/C=C\CCCCCCCCCCCCCCCCCOC(=O)CCCCCCCCCCCCCCCCCCCCC. The maximum absolute atomic E-state index is 12.6. The van der Waals surface area contributed by atoms with Gasteiger partial charge in [0.2, 0.25) is 5.91 Å². The summed E-state index contributed by atoms with van der Waals surface area (Å²) in [5, 5.41) is 23.4. The van der Waals surface area contributed by atoms with E-state index in [4.69, 9.17) is 4.74 Å². The lowest BCUT2D eigenvalue weighted by atomic mass is 10.0. The van der Waals surface area contributed by atoms with Crippen LogP contribution in [-0.4, -0.2) is 47.4 Å². The zero-order valence-electron chi connectivity index (χ0n) is 68.2. The minimum Gasteiger partial charge on any atom is -0.466 e. The highest BCUT2D eigenvalue weighted by Crippen LogP contribution is 2.21. The topological polar surface area (TPSA) is 95.9 Å². The Balaban J connectivity index is 3.36. The second kappa shape index (κ2) is 89.5. The molecule has 0 saturated heterocycles. The molecule has 0 aliphatic carbocycles. The fourth-order valence-electron chi connectivity index (χ4n) is 14.9. The number of hydrogen-bond donors (Lipinski definition) is 3. The van der Waals surface area contributed by atoms with E-state index in [-0.39, 0.29) is 18.5 Å². The Hall–Kier alpha value is -1.92. The van der Waals surface area contributed by atoms with Crippen LogP contribution in [0, 0.1) is 0 Å². The summed E-state index contributed by atoms with van der Waals surface area (Å²) >= 11 is 0. The van der Waals surface area contributed by atoms with Gasteiger partial charge in [-0.3, -0.25) is 9.59 Å². The number of rotatable bonds is 88. The van der Waals surface area contributed by atoms with Crippen LogP contribution in [0.2, 0.25) is 0 Å². The molecular weight excluding hydrogens is 1220 g/mol. The molecular formula is C94H181NO5. The molecule has 0 aromatic carbocycles. The van der Waals surface area contributed by atoms with Crippen molar-refractivity contribution in [3.63, 3.8) is 0 Å². The Morgan fingerprint density at radius 1 is 0.280 bits per heavy atom. The third-order valence-electron chi connectivity index (χ3n) is 21.9. The lowest BCUT2D eigenvalue weighted by Gasteiger charge is -2.20. The van der Waals surface area contributed by atoms with Crippen LogP contribution in [0.1, 0.15) is 528 Å². The summed E-state index contributed by atoms with van der Waals surface area (Å²) in [6.45, 7) is 4.98. The number of esters is 1. The molecule has 0 rings (SSSR count). The van der Waals surface area contributed by atoms with E-state index >= 15 is 0 Å². The van der Waals surface area contributed by atoms with Gasteiger partial charge in [0, 0.05) is 12.8 Å². The number of ether oxygens (including phenoxy) is 1. The predicted octanol–water partition coefficient (Wildman–Crippen LogP) is 31.3. The molecule has 6 nitrogen and oxygen atoms in total. The number of nitrogens with one attached hydrogen (secondary N) is 1. The molecule has 0 bridgehead atoms. The molecule has 100 heavy (non-hydrogen) atoms. The molecule has 0 aromatic heterocycles. The lowest BCUT2D eigenvalue weighted by Crippen LogP contribution is -2.45. The van der Waals surface area contributed by atoms with Crippen LogP contribution in [0.5, 0.6) is 0 Å². The van der Waals surface area contributed by atoms with E-state index in [2.05, 4.69) is 43.5 Å². The van der Waals surface area contributed by atoms with Gasteiger partial charge in [-0.05, 0) is 64.2 Å². The number of carbonyl (C=O) groups is 2. The van der Waals surface area contributed by atoms with Crippen molar-refractivity contribution < 1.29 is 24.5 Å². The number of hydrogen-bond acceptors (Lipinski definition) is 5. The Morgan fingerprint density at radius 3 is 0.760 bits per heavy atom. The standard InChI is InChI=1S/C94H181NO5/c1-3-5-7-9-11-13-15-17-19-21-23-24-25-41-44-47-51-54-58-62-66-70-74-78-82-86-92(97)91(90-96)95-93(98)87-83-79-75-71-67-63-59-55-52-48-45-42-39-37-35-33-31-29-27-26-28-30-32-34-36-38-40-43-46-49-53-57-61-65-69-73-77-81-85-89-100-94(99)88-84-80-76-72-68-64-60-56-50-22-20-18-16-14-12-10-8-6-4-2/h26-27,30,32,82,86,91-92,96-97H,3-25,28-29,31,33-81,83-85,87-90H2,1-2H3,(H,95,98)/b27-26-,32-30-,86-82+. The number of aliphatic hydroxyl groups is 2. The number of allylic oxidation sites excluding steroid dienone is 5. The van der Waals surface area contributed by atoms with E-state index < -0.39 is 12.1 Å². The van der Waals surface area contributed by atoms with Crippen LogP contribution >= 0.6 is 0 Å². The molecule has 592 valence electrons. The van der Waals surface area contributed by atoms with Gasteiger partial charge in [-0.15, -0.1) is 0 Å². The first-order valence-electron chi connectivity index (χ1n) is 46.3. The lowest BCUT2D eigenvalue weighted by molar-refractivity contribution is -0.143. The van der Waals surface area contributed by atoms with Gasteiger partial charge in [0.15, 0.2) is 0 Å².